The van der Waals surface area contributed by atoms with Gasteiger partial charge in [-0.15, -0.1) is 11.3 Å². The molecule has 20 heavy (non-hydrogen) atoms. The summed E-state index contributed by atoms with van der Waals surface area (Å²) in [6.45, 7) is 8.49. The molecule has 0 bridgehead atoms. The Kier molecular flexibility index (Phi) is 4.66. The molecule has 0 radical (unpaired) electrons. The minimum atomic E-state index is 0.610. The van der Waals surface area contributed by atoms with E-state index in [1.165, 1.54) is 26.4 Å². The average molecular weight is 285 g/mol. The lowest BCUT2D eigenvalue weighted by Gasteiger charge is -2.02. The van der Waals surface area contributed by atoms with Crippen LogP contribution in [-0.2, 0) is 7.05 Å². The van der Waals surface area contributed by atoms with Crippen LogP contribution in [0.2, 0.25) is 0 Å². The van der Waals surface area contributed by atoms with E-state index in [9.17, 15) is 0 Å². The van der Waals surface area contributed by atoms with Crippen molar-refractivity contribution in [1.82, 2.24) is 4.57 Å². The third-order valence-corrected chi connectivity index (χ3v) is 4.81. The van der Waals surface area contributed by atoms with E-state index in [4.69, 9.17) is 0 Å². The summed E-state index contributed by atoms with van der Waals surface area (Å²) < 4.78 is 2.28. The van der Waals surface area contributed by atoms with Crippen molar-refractivity contribution < 1.29 is 0 Å². The molecular formula is C18H23NS. The van der Waals surface area contributed by atoms with Crippen LogP contribution in [0.1, 0.15) is 38.5 Å². The van der Waals surface area contributed by atoms with Crippen LogP contribution in [0.4, 0.5) is 0 Å². The number of fused-ring (bicyclic) bond motifs is 1. The summed E-state index contributed by atoms with van der Waals surface area (Å²) in [5.74, 6) is 0.610. The Bertz CT molecular complexity index is 688. The second kappa shape index (κ2) is 6.27. The topological polar surface area (TPSA) is 4.93 Å². The van der Waals surface area contributed by atoms with Crippen LogP contribution >= 0.6 is 11.3 Å². The van der Waals surface area contributed by atoms with E-state index in [2.05, 4.69) is 67.9 Å². The fourth-order valence-electron chi connectivity index (χ4n) is 2.33. The van der Waals surface area contributed by atoms with Gasteiger partial charge in [-0.1, -0.05) is 45.9 Å². The van der Waals surface area contributed by atoms with Gasteiger partial charge in [0.05, 0.1) is 10.6 Å². The second-order valence-electron chi connectivity index (χ2n) is 5.00. The van der Waals surface area contributed by atoms with Gasteiger partial charge in [-0.3, -0.25) is 0 Å². The summed E-state index contributed by atoms with van der Waals surface area (Å²) >= 11 is 1.90. The molecule has 0 aliphatic rings. The molecule has 1 aromatic carbocycles. The van der Waals surface area contributed by atoms with E-state index < -0.39 is 0 Å². The Labute approximate surface area is 125 Å². The number of thiophene rings is 1. The van der Waals surface area contributed by atoms with Gasteiger partial charge in [0.15, 0.2) is 0 Å². The molecule has 0 aliphatic heterocycles. The first-order valence-corrected chi connectivity index (χ1v) is 8.13. The van der Waals surface area contributed by atoms with Crippen LogP contribution in [0.5, 0.6) is 0 Å². The monoisotopic (exact) mass is 285 g/mol. The molecule has 0 saturated heterocycles. The Morgan fingerprint density at radius 1 is 1.00 bits per heavy atom. The van der Waals surface area contributed by atoms with Gasteiger partial charge in [0, 0.05) is 22.8 Å². The minimum absolute atomic E-state index is 0.610. The average Bonchev–Trinajstić information content (AvgIpc) is 3.07. The maximum atomic E-state index is 2.28. The molecule has 2 heteroatoms. The fourth-order valence-corrected chi connectivity index (χ4v) is 3.39. The molecule has 0 fully saturated rings. The highest BCUT2D eigenvalue weighted by atomic mass is 32.1. The smallest absolute Gasteiger partial charge is 0.0590 e. The van der Waals surface area contributed by atoms with Crippen molar-refractivity contribution in [2.45, 2.75) is 33.6 Å². The van der Waals surface area contributed by atoms with Gasteiger partial charge in [-0.25, -0.2) is 0 Å². The lowest BCUT2D eigenvalue weighted by atomic mass is 10.2. The van der Waals surface area contributed by atoms with Gasteiger partial charge in [0.25, 0.3) is 0 Å². The second-order valence-corrected chi connectivity index (χ2v) is 6.12. The van der Waals surface area contributed by atoms with Crippen molar-refractivity contribution in [2.75, 3.05) is 0 Å². The zero-order valence-corrected chi connectivity index (χ0v) is 13.8. The number of aromatic nitrogens is 1. The molecule has 0 unspecified atom stereocenters. The van der Waals surface area contributed by atoms with E-state index >= 15 is 0 Å². The van der Waals surface area contributed by atoms with Gasteiger partial charge < -0.3 is 4.57 Å². The lowest BCUT2D eigenvalue weighted by molar-refractivity contribution is 0.890. The predicted molar refractivity (Wildman–Crippen MR) is 91.7 cm³/mol. The number of benzene rings is 1. The number of aryl methyl sites for hydroxylation is 1. The molecule has 1 nitrogen and oxygen atoms in total. The summed E-state index contributed by atoms with van der Waals surface area (Å²) in [5.41, 5.74) is 2.61. The first-order chi connectivity index (χ1) is 9.66. The predicted octanol–water partition coefficient (Wildman–Crippen LogP) is 6.06. The molecule has 2 aromatic heterocycles. The highest BCUT2D eigenvalue weighted by Crippen LogP contribution is 2.34. The van der Waals surface area contributed by atoms with E-state index in [1.807, 2.05) is 25.2 Å². The third-order valence-electron chi connectivity index (χ3n) is 3.40. The maximum absolute atomic E-state index is 2.28. The molecule has 106 valence electrons. The first kappa shape index (κ1) is 14.9. The normalized spacial score (nSPS) is 10.7. The highest BCUT2D eigenvalue weighted by Gasteiger charge is 2.10. The first-order valence-electron chi connectivity index (χ1n) is 7.31. The zero-order valence-electron chi connectivity index (χ0n) is 13.0. The van der Waals surface area contributed by atoms with Crippen molar-refractivity contribution in [3.63, 3.8) is 0 Å². The van der Waals surface area contributed by atoms with Gasteiger partial charge in [-0.05, 0) is 30.2 Å². The molecule has 3 aromatic rings. The summed E-state index contributed by atoms with van der Waals surface area (Å²) in [7, 11) is 2.15. The van der Waals surface area contributed by atoms with Crippen LogP contribution in [0.25, 0.3) is 21.5 Å². The number of hydrogen-bond donors (Lipinski definition) is 0. The van der Waals surface area contributed by atoms with Crippen molar-refractivity contribution >= 4 is 22.2 Å². The third kappa shape index (κ3) is 2.66. The van der Waals surface area contributed by atoms with Gasteiger partial charge in [0.1, 0.15) is 0 Å². The molecule has 0 aliphatic carbocycles. The highest BCUT2D eigenvalue weighted by molar-refractivity contribution is 7.15. The number of hydrogen-bond acceptors (Lipinski definition) is 1. The molecule has 2 heterocycles. The van der Waals surface area contributed by atoms with Gasteiger partial charge >= 0.3 is 0 Å². The Morgan fingerprint density at radius 2 is 1.70 bits per heavy atom. The van der Waals surface area contributed by atoms with Crippen LogP contribution in [0.15, 0.2) is 42.5 Å². The van der Waals surface area contributed by atoms with Crippen LogP contribution in [-0.4, -0.2) is 4.57 Å². The molecule has 3 rings (SSSR count). The fraction of sp³-hybridized carbons (Fsp3) is 0.333. The maximum Gasteiger partial charge on any atom is 0.0590 e. The number of rotatable bonds is 2. The summed E-state index contributed by atoms with van der Waals surface area (Å²) in [6, 6.07) is 15.3. The van der Waals surface area contributed by atoms with E-state index in [-0.39, 0.29) is 0 Å². The quantitative estimate of drug-likeness (QED) is 0.539. The lowest BCUT2D eigenvalue weighted by Crippen LogP contribution is -1.88. The summed E-state index contributed by atoms with van der Waals surface area (Å²) in [6.07, 6.45) is 0. The zero-order chi connectivity index (χ0) is 14.7. The van der Waals surface area contributed by atoms with Crippen LogP contribution < -0.4 is 0 Å². The molecule has 0 amide bonds. The minimum Gasteiger partial charge on any atom is -0.343 e. The summed E-state index contributed by atoms with van der Waals surface area (Å²) in [4.78, 5) is 2.81. The van der Waals surface area contributed by atoms with E-state index in [0.29, 0.717) is 5.92 Å². The SMILES string of the molecule is CC.CC(C)c1ccc(-c2cc3ccccc3n2C)s1. The van der Waals surface area contributed by atoms with Gasteiger partial charge in [-0.2, -0.15) is 0 Å². The number of para-hydroxylation sites is 1. The molecule has 0 spiro atoms. The van der Waals surface area contributed by atoms with Crippen molar-refractivity contribution in [3.8, 4) is 10.6 Å². The Balaban J connectivity index is 0.000000704. The van der Waals surface area contributed by atoms with Crippen LogP contribution in [0.3, 0.4) is 0 Å². The molecular weight excluding hydrogens is 262 g/mol. The molecule has 0 N–H and O–H groups in total. The van der Waals surface area contributed by atoms with E-state index in [0.717, 1.165) is 0 Å². The molecule has 0 atom stereocenters. The number of nitrogens with zero attached hydrogens (tertiary/aromatic N) is 1. The van der Waals surface area contributed by atoms with Gasteiger partial charge in [0.2, 0.25) is 0 Å². The molecule has 0 saturated carbocycles. The van der Waals surface area contributed by atoms with Crippen molar-refractivity contribution in [3.05, 3.63) is 47.3 Å². The van der Waals surface area contributed by atoms with E-state index in [1.54, 1.807) is 0 Å². The largest absolute Gasteiger partial charge is 0.343 e. The van der Waals surface area contributed by atoms with Crippen molar-refractivity contribution in [1.29, 1.82) is 0 Å². The van der Waals surface area contributed by atoms with Crippen molar-refractivity contribution in [2.24, 2.45) is 7.05 Å². The summed E-state index contributed by atoms with van der Waals surface area (Å²) in [5, 5.41) is 1.31. The van der Waals surface area contributed by atoms with Crippen LogP contribution in [0, 0.1) is 0 Å². The Morgan fingerprint density at radius 3 is 2.30 bits per heavy atom. The standard InChI is InChI=1S/C16H17NS.C2H6/c1-11(2)15-8-9-16(18-15)14-10-12-6-4-5-7-13(12)17(14)3;1-2/h4-11H,1-3H3;1-2H3. The Hall–Kier alpha value is -1.54.